The third-order valence-electron chi connectivity index (χ3n) is 4.15. The number of rotatable bonds is 4. The zero-order valence-electron chi connectivity index (χ0n) is 11.1. The normalized spacial score (nSPS) is 27.1. The number of ether oxygens (including phenoxy) is 1. The molecule has 0 radical (unpaired) electrons. The van der Waals surface area contributed by atoms with Crippen molar-refractivity contribution in [2.45, 2.75) is 19.8 Å². The largest absolute Gasteiger partial charge is 0.469 e. The topological polar surface area (TPSA) is 38.3 Å². The van der Waals surface area contributed by atoms with Crippen LogP contribution >= 0.6 is 0 Å². The molecular weight excluding hydrogens is 226 g/mol. The van der Waals surface area contributed by atoms with E-state index >= 15 is 0 Å². The first-order valence-corrected chi connectivity index (χ1v) is 6.54. The van der Waals surface area contributed by atoms with Gasteiger partial charge in [-0.25, -0.2) is 0 Å². The van der Waals surface area contributed by atoms with Crippen molar-refractivity contribution in [1.29, 1.82) is 0 Å². The molecule has 3 nitrogen and oxygen atoms in total. The third-order valence-corrected chi connectivity index (χ3v) is 4.15. The zero-order chi connectivity index (χ0) is 13.0. The average Bonchev–Trinajstić information content (AvgIpc) is 2.83. The minimum absolute atomic E-state index is 0.00551. The number of benzene rings is 1. The standard InChI is InChI=1S/C15H21NO2/c1-3-15(9-12-7-5-4-6-8-12)11-16-10-13(15)14(17)18-2/h4-8,13,16H,3,9-11H2,1-2H3. The molecule has 2 rings (SSSR count). The van der Waals surface area contributed by atoms with E-state index in [2.05, 4.69) is 24.4 Å². The Morgan fingerprint density at radius 2 is 2.17 bits per heavy atom. The van der Waals surface area contributed by atoms with Gasteiger partial charge in [0.05, 0.1) is 13.0 Å². The van der Waals surface area contributed by atoms with Crippen LogP contribution in [0.15, 0.2) is 30.3 Å². The fourth-order valence-electron chi connectivity index (χ4n) is 2.97. The van der Waals surface area contributed by atoms with Crippen molar-refractivity contribution < 1.29 is 9.53 Å². The molecule has 0 amide bonds. The minimum atomic E-state index is -0.0854. The van der Waals surface area contributed by atoms with E-state index in [1.165, 1.54) is 12.7 Å². The Bertz CT molecular complexity index is 404. The zero-order valence-corrected chi connectivity index (χ0v) is 11.1. The van der Waals surface area contributed by atoms with Gasteiger partial charge >= 0.3 is 5.97 Å². The lowest BCUT2D eigenvalue weighted by molar-refractivity contribution is -0.148. The number of methoxy groups -OCH3 is 1. The second kappa shape index (κ2) is 5.53. The highest BCUT2D eigenvalue weighted by atomic mass is 16.5. The molecule has 2 unspecified atom stereocenters. The summed E-state index contributed by atoms with van der Waals surface area (Å²) in [7, 11) is 1.48. The molecular formula is C15H21NO2. The maximum atomic E-state index is 11.9. The maximum Gasteiger partial charge on any atom is 0.310 e. The van der Waals surface area contributed by atoms with Gasteiger partial charge in [-0.3, -0.25) is 4.79 Å². The SMILES string of the molecule is CCC1(Cc2ccccc2)CNCC1C(=O)OC. The molecule has 1 N–H and O–H groups in total. The van der Waals surface area contributed by atoms with E-state index in [-0.39, 0.29) is 17.3 Å². The highest BCUT2D eigenvalue weighted by molar-refractivity contribution is 5.74. The monoisotopic (exact) mass is 247 g/mol. The predicted molar refractivity (Wildman–Crippen MR) is 71.2 cm³/mol. The predicted octanol–water partition coefficient (Wildman–Crippen LogP) is 2.02. The van der Waals surface area contributed by atoms with Crippen LogP contribution in [0.4, 0.5) is 0 Å². The summed E-state index contributed by atoms with van der Waals surface area (Å²) in [5.74, 6) is -0.120. The Balaban J connectivity index is 2.21. The lowest BCUT2D eigenvalue weighted by Crippen LogP contribution is -2.37. The number of nitrogens with one attached hydrogen (secondary N) is 1. The van der Waals surface area contributed by atoms with Crippen molar-refractivity contribution in [2.75, 3.05) is 20.2 Å². The lowest BCUT2D eigenvalue weighted by atomic mass is 9.71. The minimum Gasteiger partial charge on any atom is -0.469 e. The van der Waals surface area contributed by atoms with Crippen LogP contribution in [0.25, 0.3) is 0 Å². The summed E-state index contributed by atoms with van der Waals surface area (Å²) < 4.78 is 4.95. The van der Waals surface area contributed by atoms with E-state index in [1.54, 1.807) is 0 Å². The van der Waals surface area contributed by atoms with Crippen LogP contribution in [0, 0.1) is 11.3 Å². The van der Waals surface area contributed by atoms with Crippen LogP contribution in [0.2, 0.25) is 0 Å². The second-order valence-electron chi connectivity index (χ2n) is 5.08. The Labute approximate surface area is 109 Å². The van der Waals surface area contributed by atoms with Crippen molar-refractivity contribution in [2.24, 2.45) is 11.3 Å². The van der Waals surface area contributed by atoms with Crippen molar-refractivity contribution in [3.8, 4) is 0 Å². The van der Waals surface area contributed by atoms with E-state index in [9.17, 15) is 4.79 Å². The Morgan fingerprint density at radius 1 is 1.44 bits per heavy atom. The molecule has 0 aliphatic carbocycles. The van der Waals surface area contributed by atoms with Crippen LogP contribution in [0.1, 0.15) is 18.9 Å². The van der Waals surface area contributed by atoms with Gasteiger partial charge in [0.1, 0.15) is 0 Å². The maximum absolute atomic E-state index is 11.9. The molecule has 1 aromatic rings. The molecule has 1 aliphatic rings. The van der Waals surface area contributed by atoms with Gasteiger partial charge in [0.25, 0.3) is 0 Å². The van der Waals surface area contributed by atoms with Crippen LogP contribution < -0.4 is 5.32 Å². The highest BCUT2D eigenvalue weighted by Crippen LogP contribution is 2.39. The van der Waals surface area contributed by atoms with Gasteiger partial charge in [-0.1, -0.05) is 37.3 Å². The first-order valence-electron chi connectivity index (χ1n) is 6.54. The van der Waals surface area contributed by atoms with Gasteiger partial charge in [0.15, 0.2) is 0 Å². The molecule has 1 aromatic carbocycles. The molecule has 1 saturated heterocycles. The van der Waals surface area contributed by atoms with E-state index in [0.29, 0.717) is 0 Å². The molecule has 0 saturated carbocycles. The fourth-order valence-corrected chi connectivity index (χ4v) is 2.97. The highest BCUT2D eigenvalue weighted by Gasteiger charge is 2.46. The summed E-state index contributed by atoms with van der Waals surface area (Å²) in [6.07, 6.45) is 1.91. The van der Waals surface area contributed by atoms with Gasteiger partial charge in [-0.15, -0.1) is 0 Å². The van der Waals surface area contributed by atoms with E-state index in [4.69, 9.17) is 4.74 Å². The summed E-state index contributed by atoms with van der Waals surface area (Å²) in [6, 6.07) is 10.4. The van der Waals surface area contributed by atoms with E-state index in [0.717, 1.165) is 25.9 Å². The van der Waals surface area contributed by atoms with E-state index in [1.807, 2.05) is 18.2 Å². The Morgan fingerprint density at radius 3 is 2.78 bits per heavy atom. The molecule has 1 heterocycles. The summed E-state index contributed by atoms with van der Waals surface area (Å²) in [5.41, 5.74) is 1.28. The van der Waals surface area contributed by atoms with Crippen molar-refractivity contribution >= 4 is 5.97 Å². The van der Waals surface area contributed by atoms with E-state index < -0.39 is 0 Å². The first-order chi connectivity index (χ1) is 8.72. The van der Waals surface area contributed by atoms with Crippen molar-refractivity contribution in [3.63, 3.8) is 0 Å². The summed E-state index contributed by atoms with van der Waals surface area (Å²) in [4.78, 5) is 11.9. The Hall–Kier alpha value is -1.35. The van der Waals surface area contributed by atoms with Gasteiger partial charge < -0.3 is 10.1 Å². The summed E-state index contributed by atoms with van der Waals surface area (Å²) in [6.45, 7) is 3.78. The van der Waals surface area contributed by atoms with Gasteiger partial charge in [0.2, 0.25) is 0 Å². The van der Waals surface area contributed by atoms with Crippen LogP contribution in [0.3, 0.4) is 0 Å². The van der Waals surface area contributed by atoms with Crippen LogP contribution in [0.5, 0.6) is 0 Å². The number of carbonyl (C=O) groups is 1. The Kier molecular flexibility index (Phi) is 4.02. The molecule has 1 aliphatic heterocycles. The quantitative estimate of drug-likeness (QED) is 0.827. The van der Waals surface area contributed by atoms with Gasteiger partial charge in [-0.2, -0.15) is 0 Å². The molecule has 1 fully saturated rings. The lowest BCUT2D eigenvalue weighted by Gasteiger charge is -2.32. The first kappa shape index (κ1) is 13.1. The van der Waals surface area contributed by atoms with Crippen LogP contribution in [-0.4, -0.2) is 26.2 Å². The number of carbonyl (C=O) groups excluding carboxylic acids is 1. The molecule has 0 aromatic heterocycles. The third kappa shape index (κ3) is 2.41. The summed E-state index contributed by atoms with van der Waals surface area (Å²) in [5, 5.41) is 3.35. The average molecular weight is 247 g/mol. The van der Waals surface area contributed by atoms with Crippen LogP contribution in [-0.2, 0) is 16.0 Å². The van der Waals surface area contributed by atoms with Gasteiger partial charge in [-0.05, 0) is 18.4 Å². The number of hydrogen-bond donors (Lipinski definition) is 1. The fraction of sp³-hybridized carbons (Fsp3) is 0.533. The van der Waals surface area contributed by atoms with Crippen molar-refractivity contribution in [3.05, 3.63) is 35.9 Å². The smallest absolute Gasteiger partial charge is 0.310 e. The van der Waals surface area contributed by atoms with Gasteiger partial charge in [0, 0.05) is 18.5 Å². The molecule has 0 bridgehead atoms. The molecule has 98 valence electrons. The molecule has 2 atom stereocenters. The summed E-state index contributed by atoms with van der Waals surface area (Å²) >= 11 is 0. The number of esters is 1. The molecule has 0 spiro atoms. The van der Waals surface area contributed by atoms with Crippen molar-refractivity contribution in [1.82, 2.24) is 5.32 Å². The molecule has 3 heteroatoms. The molecule has 18 heavy (non-hydrogen) atoms. The second-order valence-corrected chi connectivity index (χ2v) is 5.08. The number of hydrogen-bond acceptors (Lipinski definition) is 3.